The van der Waals surface area contributed by atoms with E-state index in [0.29, 0.717) is 5.92 Å². The molecule has 1 rings (SSSR count). The minimum Gasteiger partial charge on any atom is -0.310 e. The van der Waals surface area contributed by atoms with Gasteiger partial charge in [0, 0.05) is 17.2 Å². The number of aromatic amines is 1. The van der Waals surface area contributed by atoms with Crippen molar-refractivity contribution in [1.82, 2.24) is 9.97 Å². The highest BCUT2D eigenvalue weighted by molar-refractivity contribution is 5.09. The Labute approximate surface area is 91.0 Å². The summed E-state index contributed by atoms with van der Waals surface area (Å²) in [5.41, 5.74) is 0.732. The summed E-state index contributed by atoms with van der Waals surface area (Å²) in [6.07, 6.45) is 0.854. The number of rotatable bonds is 2. The number of nitrogens with one attached hydrogen (secondary N) is 1. The Morgan fingerprint density at radius 2 is 2.00 bits per heavy atom. The van der Waals surface area contributed by atoms with Gasteiger partial charge in [-0.2, -0.15) is 0 Å². The summed E-state index contributed by atoms with van der Waals surface area (Å²) in [7, 11) is 0. The van der Waals surface area contributed by atoms with Crippen molar-refractivity contribution in [2.75, 3.05) is 0 Å². The highest BCUT2D eigenvalue weighted by Gasteiger charge is 2.17. The SMILES string of the molecule is CC(C)Cc1cc(=O)[nH]c(C(C)(C)C)n1. The van der Waals surface area contributed by atoms with E-state index < -0.39 is 0 Å². The van der Waals surface area contributed by atoms with Crippen molar-refractivity contribution < 1.29 is 0 Å². The van der Waals surface area contributed by atoms with Crippen LogP contribution in [0.25, 0.3) is 0 Å². The minimum atomic E-state index is -0.105. The monoisotopic (exact) mass is 208 g/mol. The average Bonchev–Trinajstić information content (AvgIpc) is 1.99. The number of H-pyrrole nitrogens is 1. The molecule has 1 N–H and O–H groups in total. The van der Waals surface area contributed by atoms with E-state index in [1.807, 2.05) is 20.8 Å². The third-order valence-electron chi connectivity index (χ3n) is 2.12. The molecule has 84 valence electrons. The molecular weight excluding hydrogens is 188 g/mol. The van der Waals surface area contributed by atoms with E-state index >= 15 is 0 Å². The van der Waals surface area contributed by atoms with E-state index in [9.17, 15) is 4.79 Å². The van der Waals surface area contributed by atoms with E-state index in [2.05, 4.69) is 23.8 Å². The van der Waals surface area contributed by atoms with Gasteiger partial charge >= 0.3 is 0 Å². The van der Waals surface area contributed by atoms with E-state index in [4.69, 9.17) is 0 Å². The summed E-state index contributed by atoms with van der Waals surface area (Å²) in [5.74, 6) is 1.29. The van der Waals surface area contributed by atoms with Crippen LogP contribution < -0.4 is 5.56 Å². The van der Waals surface area contributed by atoms with Crippen molar-refractivity contribution in [1.29, 1.82) is 0 Å². The maximum absolute atomic E-state index is 11.4. The molecule has 3 heteroatoms. The van der Waals surface area contributed by atoms with Crippen LogP contribution in [0.5, 0.6) is 0 Å². The Kier molecular flexibility index (Phi) is 3.32. The first kappa shape index (κ1) is 12.0. The predicted molar refractivity (Wildman–Crippen MR) is 62.1 cm³/mol. The summed E-state index contributed by atoms with van der Waals surface area (Å²) < 4.78 is 0. The Hall–Kier alpha value is -1.12. The first-order chi connectivity index (χ1) is 6.79. The zero-order valence-corrected chi connectivity index (χ0v) is 10.2. The summed E-state index contributed by atoms with van der Waals surface area (Å²) in [6.45, 7) is 10.4. The third-order valence-corrected chi connectivity index (χ3v) is 2.12. The number of hydrogen-bond acceptors (Lipinski definition) is 2. The largest absolute Gasteiger partial charge is 0.310 e. The van der Waals surface area contributed by atoms with Crippen molar-refractivity contribution >= 4 is 0 Å². The highest BCUT2D eigenvalue weighted by Crippen LogP contribution is 2.17. The van der Waals surface area contributed by atoms with Gasteiger partial charge in [-0.25, -0.2) is 4.98 Å². The Morgan fingerprint density at radius 3 is 2.47 bits per heavy atom. The normalized spacial score (nSPS) is 12.1. The second kappa shape index (κ2) is 4.17. The highest BCUT2D eigenvalue weighted by atomic mass is 16.1. The van der Waals surface area contributed by atoms with Gasteiger partial charge in [0.1, 0.15) is 5.82 Å². The fourth-order valence-corrected chi connectivity index (χ4v) is 1.39. The first-order valence-corrected chi connectivity index (χ1v) is 5.40. The molecule has 0 aromatic carbocycles. The molecule has 0 bridgehead atoms. The molecule has 0 aliphatic carbocycles. The molecule has 1 aromatic rings. The van der Waals surface area contributed by atoms with Gasteiger partial charge in [-0.1, -0.05) is 34.6 Å². The van der Waals surface area contributed by atoms with Crippen LogP contribution in [0.1, 0.15) is 46.1 Å². The smallest absolute Gasteiger partial charge is 0.251 e. The molecule has 0 saturated carbocycles. The molecule has 0 aliphatic rings. The van der Waals surface area contributed by atoms with Gasteiger partial charge in [-0.3, -0.25) is 4.79 Å². The van der Waals surface area contributed by atoms with Crippen LogP contribution in [-0.4, -0.2) is 9.97 Å². The van der Waals surface area contributed by atoms with Gasteiger partial charge in [0.2, 0.25) is 0 Å². The zero-order chi connectivity index (χ0) is 11.6. The van der Waals surface area contributed by atoms with E-state index in [0.717, 1.165) is 17.9 Å². The van der Waals surface area contributed by atoms with Crippen LogP contribution >= 0.6 is 0 Å². The van der Waals surface area contributed by atoms with Crippen LogP contribution in [0.2, 0.25) is 0 Å². The molecular formula is C12H20N2O. The lowest BCUT2D eigenvalue weighted by molar-refractivity contribution is 0.532. The topological polar surface area (TPSA) is 45.8 Å². The number of hydrogen-bond donors (Lipinski definition) is 1. The average molecular weight is 208 g/mol. The van der Waals surface area contributed by atoms with E-state index in [-0.39, 0.29) is 11.0 Å². The molecule has 1 heterocycles. The standard InChI is InChI=1S/C12H20N2O/c1-8(2)6-9-7-10(15)14-11(13-9)12(3,4)5/h7-8H,6H2,1-5H3,(H,13,14,15). The molecule has 0 fully saturated rings. The van der Waals surface area contributed by atoms with Crippen molar-refractivity contribution in [2.45, 2.75) is 46.5 Å². The Balaban J connectivity index is 3.11. The molecule has 3 nitrogen and oxygen atoms in total. The lowest BCUT2D eigenvalue weighted by Crippen LogP contribution is -2.23. The van der Waals surface area contributed by atoms with Crippen LogP contribution in [-0.2, 0) is 11.8 Å². The minimum absolute atomic E-state index is 0.0504. The van der Waals surface area contributed by atoms with Gasteiger partial charge < -0.3 is 4.98 Å². The maximum Gasteiger partial charge on any atom is 0.251 e. The molecule has 1 aromatic heterocycles. The van der Waals surface area contributed by atoms with Crippen molar-refractivity contribution in [3.63, 3.8) is 0 Å². The third kappa shape index (κ3) is 3.50. The van der Waals surface area contributed by atoms with Crippen LogP contribution in [0, 0.1) is 5.92 Å². The molecule has 0 saturated heterocycles. The van der Waals surface area contributed by atoms with Crippen LogP contribution in [0.4, 0.5) is 0 Å². The van der Waals surface area contributed by atoms with Gasteiger partial charge in [-0.05, 0) is 12.3 Å². The van der Waals surface area contributed by atoms with E-state index in [1.165, 1.54) is 0 Å². The van der Waals surface area contributed by atoms with Gasteiger partial charge in [0.05, 0.1) is 0 Å². The second-order valence-electron chi connectivity index (χ2n) is 5.43. The Bertz CT molecular complexity index is 385. The number of nitrogens with zero attached hydrogens (tertiary/aromatic N) is 1. The molecule has 0 radical (unpaired) electrons. The second-order valence-corrected chi connectivity index (χ2v) is 5.43. The lowest BCUT2D eigenvalue weighted by Gasteiger charge is -2.17. The van der Waals surface area contributed by atoms with Crippen LogP contribution in [0.3, 0.4) is 0 Å². The number of aromatic nitrogens is 2. The summed E-state index contributed by atoms with van der Waals surface area (Å²) in [5, 5.41) is 0. The molecule has 0 spiro atoms. The summed E-state index contributed by atoms with van der Waals surface area (Å²) in [4.78, 5) is 18.7. The summed E-state index contributed by atoms with van der Waals surface area (Å²) >= 11 is 0. The molecule has 0 atom stereocenters. The quantitative estimate of drug-likeness (QED) is 0.810. The first-order valence-electron chi connectivity index (χ1n) is 5.40. The van der Waals surface area contributed by atoms with Crippen molar-refractivity contribution in [2.24, 2.45) is 5.92 Å². The lowest BCUT2D eigenvalue weighted by atomic mass is 9.95. The van der Waals surface area contributed by atoms with E-state index in [1.54, 1.807) is 6.07 Å². The predicted octanol–water partition coefficient (Wildman–Crippen LogP) is 2.27. The van der Waals surface area contributed by atoms with Crippen molar-refractivity contribution in [3.05, 3.63) is 27.9 Å². The summed E-state index contributed by atoms with van der Waals surface area (Å²) in [6, 6.07) is 1.59. The maximum atomic E-state index is 11.4. The van der Waals surface area contributed by atoms with Crippen molar-refractivity contribution in [3.8, 4) is 0 Å². The molecule has 15 heavy (non-hydrogen) atoms. The molecule has 0 aliphatic heterocycles. The fraction of sp³-hybridized carbons (Fsp3) is 0.667. The van der Waals surface area contributed by atoms with Gasteiger partial charge in [0.25, 0.3) is 5.56 Å². The molecule has 0 amide bonds. The Morgan fingerprint density at radius 1 is 1.40 bits per heavy atom. The van der Waals surface area contributed by atoms with Crippen LogP contribution in [0.15, 0.2) is 10.9 Å². The fourth-order valence-electron chi connectivity index (χ4n) is 1.39. The zero-order valence-electron chi connectivity index (χ0n) is 10.2. The molecule has 0 unspecified atom stereocenters. The van der Waals surface area contributed by atoms with Gasteiger partial charge in [-0.15, -0.1) is 0 Å². The van der Waals surface area contributed by atoms with Gasteiger partial charge in [0.15, 0.2) is 0 Å².